The van der Waals surface area contributed by atoms with Crippen LogP contribution in [0.2, 0.25) is 10.0 Å². The molecular formula is C17H19Cl2NO4. The molecule has 1 aromatic carbocycles. The molecule has 5 nitrogen and oxygen atoms in total. The van der Waals surface area contributed by atoms with Crippen molar-refractivity contribution in [2.75, 3.05) is 6.61 Å². The maximum atomic E-state index is 13.1. The predicted octanol–water partition coefficient (Wildman–Crippen LogP) is 3.83. The molecule has 1 amide bonds. The molecule has 24 heavy (non-hydrogen) atoms. The van der Waals surface area contributed by atoms with Crippen LogP contribution in [0, 0.1) is 5.92 Å². The van der Waals surface area contributed by atoms with E-state index in [1.807, 2.05) is 0 Å². The standard InChI is InChI=1S/C17H19Cl2NO4/c1-10-4-6-17(7-5-10)20(14(9-24-17)16(22)23)15(21)11-2-3-12(18)13(19)8-11/h2-3,8,10,14H,4-7,9H2,1H3,(H,22,23)/t10?,14-,17?/m0/s1. The molecule has 1 atom stereocenters. The van der Waals surface area contributed by atoms with Gasteiger partial charge in [-0.05, 0) is 49.8 Å². The van der Waals surface area contributed by atoms with Gasteiger partial charge in [-0.3, -0.25) is 9.69 Å². The Bertz CT molecular complexity index is 671. The monoisotopic (exact) mass is 371 g/mol. The summed E-state index contributed by atoms with van der Waals surface area (Å²) in [6, 6.07) is 3.59. The number of rotatable bonds is 2. The summed E-state index contributed by atoms with van der Waals surface area (Å²) < 4.78 is 5.88. The van der Waals surface area contributed by atoms with Gasteiger partial charge in [-0.2, -0.15) is 0 Å². The van der Waals surface area contributed by atoms with Gasteiger partial charge >= 0.3 is 5.97 Å². The third-order valence-electron chi connectivity index (χ3n) is 4.99. The number of hydrogen-bond donors (Lipinski definition) is 1. The number of hydrogen-bond acceptors (Lipinski definition) is 3. The summed E-state index contributed by atoms with van der Waals surface area (Å²) in [5, 5.41) is 10.1. The van der Waals surface area contributed by atoms with Gasteiger partial charge in [-0.25, -0.2) is 4.79 Å². The lowest BCUT2D eigenvalue weighted by molar-refractivity contribution is -0.143. The van der Waals surface area contributed by atoms with Crippen molar-refractivity contribution in [1.29, 1.82) is 0 Å². The summed E-state index contributed by atoms with van der Waals surface area (Å²) in [4.78, 5) is 26.1. The Morgan fingerprint density at radius 3 is 2.50 bits per heavy atom. The lowest BCUT2D eigenvalue weighted by Gasteiger charge is -2.42. The van der Waals surface area contributed by atoms with Crippen LogP contribution in [-0.2, 0) is 9.53 Å². The van der Waals surface area contributed by atoms with E-state index >= 15 is 0 Å². The zero-order chi connectivity index (χ0) is 17.5. The number of carbonyl (C=O) groups is 2. The van der Waals surface area contributed by atoms with Gasteiger partial charge in [0, 0.05) is 5.56 Å². The molecule has 0 aromatic heterocycles. The van der Waals surface area contributed by atoms with Gasteiger partial charge in [0.2, 0.25) is 0 Å². The van der Waals surface area contributed by atoms with Crippen molar-refractivity contribution in [3.05, 3.63) is 33.8 Å². The maximum absolute atomic E-state index is 13.1. The molecule has 1 aliphatic carbocycles. The summed E-state index contributed by atoms with van der Waals surface area (Å²) in [5.41, 5.74) is -0.516. The number of nitrogens with zero attached hydrogens (tertiary/aromatic N) is 1. The Balaban J connectivity index is 1.96. The van der Waals surface area contributed by atoms with E-state index in [9.17, 15) is 14.7 Å². The molecule has 0 radical (unpaired) electrons. The van der Waals surface area contributed by atoms with Crippen LogP contribution in [0.4, 0.5) is 0 Å². The van der Waals surface area contributed by atoms with Gasteiger partial charge in [-0.1, -0.05) is 30.1 Å². The Morgan fingerprint density at radius 1 is 1.25 bits per heavy atom. The molecule has 3 rings (SSSR count). The second-order valence-electron chi connectivity index (χ2n) is 6.60. The minimum atomic E-state index is -1.06. The molecule has 1 N–H and O–H groups in total. The van der Waals surface area contributed by atoms with Crippen molar-refractivity contribution in [3.63, 3.8) is 0 Å². The van der Waals surface area contributed by atoms with Crippen molar-refractivity contribution >= 4 is 35.1 Å². The van der Waals surface area contributed by atoms with Crippen molar-refractivity contribution in [1.82, 2.24) is 4.90 Å². The molecule has 1 saturated carbocycles. The highest BCUT2D eigenvalue weighted by atomic mass is 35.5. The third-order valence-corrected chi connectivity index (χ3v) is 5.73. The van der Waals surface area contributed by atoms with Gasteiger partial charge in [0.1, 0.15) is 5.72 Å². The lowest BCUT2D eigenvalue weighted by atomic mass is 9.83. The van der Waals surface area contributed by atoms with Gasteiger partial charge in [-0.15, -0.1) is 0 Å². The van der Waals surface area contributed by atoms with Crippen LogP contribution in [0.5, 0.6) is 0 Å². The van der Waals surface area contributed by atoms with E-state index in [2.05, 4.69) is 6.92 Å². The summed E-state index contributed by atoms with van der Waals surface area (Å²) >= 11 is 11.9. The highest BCUT2D eigenvalue weighted by molar-refractivity contribution is 6.42. The molecule has 130 valence electrons. The Hall–Kier alpha value is -1.30. The molecule has 0 unspecified atom stereocenters. The SMILES string of the molecule is CC1CCC2(CC1)OC[C@@H](C(=O)O)N2C(=O)c1ccc(Cl)c(Cl)c1. The first kappa shape index (κ1) is 17.5. The smallest absolute Gasteiger partial charge is 0.328 e. The van der Waals surface area contributed by atoms with Crippen LogP contribution in [-0.4, -0.2) is 40.3 Å². The third kappa shape index (κ3) is 3.01. The average molecular weight is 372 g/mol. The van der Waals surface area contributed by atoms with E-state index in [4.69, 9.17) is 27.9 Å². The fraction of sp³-hybridized carbons (Fsp3) is 0.529. The first-order valence-corrected chi connectivity index (χ1v) is 8.75. The van der Waals surface area contributed by atoms with Crippen LogP contribution < -0.4 is 0 Å². The van der Waals surface area contributed by atoms with Crippen molar-refractivity contribution in [2.24, 2.45) is 5.92 Å². The summed E-state index contributed by atoms with van der Waals surface area (Å²) in [7, 11) is 0. The highest BCUT2D eigenvalue weighted by Crippen LogP contribution is 2.43. The molecule has 2 fully saturated rings. The molecule has 7 heteroatoms. The van der Waals surface area contributed by atoms with E-state index in [-0.39, 0.29) is 17.5 Å². The molecule has 1 saturated heterocycles. The number of ether oxygens (including phenoxy) is 1. The first-order chi connectivity index (χ1) is 11.3. The van der Waals surface area contributed by atoms with E-state index in [0.29, 0.717) is 29.3 Å². The fourth-order valence-corrected chi connectivity index (χ4v) is 3.84. The Labute approximate surface area is 150 Å². The van der Waals surface area contributed by atoms with Crippen molar-refractivity contribution in [2.45, 2.75) is 44.4 Å². The zero-order valence-electron chi connectivity index (χ0n) is 13.3. The molecule has 1 aromatic rings. The molecule has 1 spiro atoms. The van der Waals surface area contributed by atoms with Crippen LogP contribution in [0.1, 0.15) is 43.0 Å². The highest BCUT2D eigenvalue weighted by Gasteiger charge is 2.53. The van der Waals surface area contributed by atoms with E-state index in [0.717, 1.165) is 12.8 Å². The van der Waals surface area contributed by atoms with Crippen molar-refractivity contribution < 1.29 is 19.4 Å². The van der Waals surface area contributed by atoms with E-state index < -0.39 is 17.7 Å². The normalized spacial score (nSPS) is 29.9. The van der Waals surface area contributed by atoms with Crippen LogP contribution in [0.25, 0.3) is 0 Å². The minimum Gasteiger partial charge on any atom is -0.480 e. The molecule has 1 aliphatic heterocycles. The predicted molar refractivity (Wildman–Crippen MR) is 90.4 cm³/mol. The number of carboxylic acid groups (broad SMARTS) is 1. The van der Waals surface area contributed by atoms with Gasteiger partial charge < -0.3 is 9.84 Å². The maximum Gasteiger partial charge on any atom is 0.328 e. The number of benzene rings is 1. The number of carbonyl (C=O) groups excluding carboxylic acids is 1. The Morgan fingerprint density at radius 2 is 1.92 bits per heavy atom. The molecular weight excluding hydrogens is 353 g/mol. The average Bonchev–Trinajstić information content (AvgIpc) is 2.92. The van der Waals surface area contributed by atoms with Gasteiger partial charge in [0.15, 0.2) is 6.04 Å². The largest absolute Gasteiger partial charge is 0.480 e. The van der Waals surface area contributed by atoms with E-state index in [1.54, 1.807) is 12.1 Å². The topological polar surface area (TPSA) is 66.8 Å². The van der Waals surface area contributed by atoms with Gasteiger partial charge in [0.25, 0.3) is 5.91 Å². The van der Waals surface area contributed by atoms with Gasteiger partial charge in [0.05, 0.1) is 16.7 Å². The Kier molecular flexibility index (Phi) is 4.78. The van der Waals surface area contributed by atoms with Crippen LogP contribution in [0.3, 0.4) is 0 Å². The second kappa shape index (κ2) is 6.54. The number of halogens is 2. The second-order valence-corrected chi connectivity index (χ2v) is 7.41. The van der Waals surface area contributed by atoms with Crippen LogP contribution in [0.15, 0.2) is 18.2 Å². The lowest BCUT2D eigenvalue weighted by Crippen LogP contribution is -2.55. The summed E-state index contributed by atoms with van der Waals surface area (Å²) in [6.45, 7) is 2.17. The fourth-order valence-electron chi connectivity index (χ4n) is 3.54. The number of aliphatic carboxylic acids is 1. The zero-order valence-corrected chi connectivity index (χ0v) is 14.8. The summed E-state index contributed by atoms with van der Waals surface area (Å²) in [5.74, 6) is -0.892. The molecule has 0 bridgehead atoms. The van der Waals surface area contributed by atoms with Crippen LogP contribution >= 0.6 is 23.2 Å². The molecule has 1 heterocycles. The molecule has 2 aliphatic rings. The quantitative estimate of drug-likeness (QED) is 0.857. The number of carboxylic acids is 1. The summed E-state index contributed by atoms with van der Waals surface area (Å²) in [6.07, 6.45) is 3.09. The first-order valence-electron chi connectivity index (χ1n) is 7.99. The van der Waals surface area contributed by atoms with E-state index in [1.165, 1.54) is 11.0 Å². The minimum absolute atomic E-state index is 0.0107. The van der Waals surface area contributed by atoms with Crippen molar-refractivity contribution in [3.8, 4) is 0 Å². The number of amides is 1.